The molecule has 3 amide bonds. The first-order valence-electron chi connectivity index (χ1n) is 9.40. The van der Waals surface area contributed by atoms with E-state index in [4.69, 9.17) is 0 Å². The first-order valence-corrected chi connectivity index (χ1v) is 9.40. The lowest BCUT2D eigenvalue weighted by molar-refractivity contribution is -0.136. The van der Waals surface area contributed by atoms with Gasteiger partial charge in [0.25, 0.3) is 11.8 Å². The van der Waals surface area contributed by atoms with Gasteiger partial charge in [-0.1, -0.05) is 12.1 Å². The van der Waals surface area contributed by atoms with Crippen molar-refractivity contribution in [1.82, 2.24) is 20.4 Å². The highest BCUT2D eigenvalue weighted by Gasteiger charge is 2.39. The van der Waals surface area contributed by atoms with Crippen LogP contribution < -0.4 is 10.6 Å². The molecule has 150 valence electrons. The Hall–Kier alpha value is -2.39. The van der Waals surface area contributed by atoms with E-state index in [1.54, 1.807) is 17.0 Å². The summed E-state index contributed by atoms with van der Waals surface area (Å²) in [5.74, 6) is -3.78. The fourth-order valence-electron chi connectivity index (χ4n) is 4.09. The number of nitrogens with zero attached hydrogens (tertiary/aromatic N) is 2. The lowest BCUT2D eigenvalue weighted by atomic mass is 10.0. The molecule has 0 saturated carbocycles. The molecule has 0 aromatic heterocycles. The number of fused-ring (bicyclic) bond motifs is 1. The van der Waals surface area contributed by atoms with Crippen LogP contribution in [0.2, 0.25) is 0 Å². The van der Waals surface area contributed by atoms with Crippen molar-refractivity contribution in [3.63, 3.8) is 0 Å². The van der Waals surface area contributed by atoms with Gasteiger partial charge in [-0.15, -0.1) is 0 Å². The van der Waals surface area contributed by atoms with Crippen molar-refractivity contribution >= 4 is 17.7 Å². The highest BCUT2D eigenvalue weighted by Crippen LogP contribution is 2.29. The van der Waals surface area contributed by atoms with Gasteiger partial charge in [-0.3, -0.25) is 24.6 Å². The maximum absolute atomic E-state index is 13.8. The van der Waals surface area contributed by atoms with E-state index in [0.29, 0.717) is 31.6 Å². The van der Waals surface area contributed by atoms with Crippen molar-refractivity contribution in [2.24, 2.45) is 0 Å². The maximum atomic E-state index is 13.8. The van der Waals surface area contributed by atoms with Gasteiger partial charge in [-0.25, -0.2) is 8.78 Å². The number of benzene rings is 1. The summed E-state index contributed by atoms with van der Waals surface area (Å²) in [6.45, 7) is 1.06. The number of hydrogen-bond acceptors (Lipinski definition) is 5. The summed E-state index contributed by atoms with van der Waals surface area (Å²) >= 11 is 0. The van der Waals surface area contributed by atoms with E-state index in [1.165, 1.54) is 4.90 Å². The molecule has 3 heterocycles. The van der Waals surface area contributed by atoms with Gasteiger partial charge in [0.2, 0.25) is 11.8 Å². The van der Waals surface area contributed by atoms with Crippen LogP contribution in [0.4, 0.5) is 8.78 Å². The molecule has 4 rings (SSSR count). The number of amides is 3. The third-order valence-corrected chi connectivity index (χ3v) is 5.44. The quantitative estimate of drug-likeness (QED) is 0.732. The fraction of sp³-hybridized carbons (Fsp3) is 0.526. The topological polar surface area (TPSA) is 81.8 Å². The molecule has 3 aliphatic heterocycles. The molecule has 28 heavy (non-hydrogen) atoms. The highest BCUT2D eigenvalue weighted by atomic mass is 19.3. The Bertz CT molecular complexity index is 829. The van der Waals surface area contributed by atoms with Crippen molar-refractivity contribution in [3.8, 4) is 0 Å². The second kappa shape index (κ2) is 7.21. The molecule has 3 aliphatic rings. The van der Waals surface area contributed by atoms with Gasteiger partial charge in [0.15, 0.2) is 0 Å². The van der Waals surface area contributed by atoms with Crippen LogP contribution in [0.25, 0.3) is 0 Å². The van der Waals surface area contributed by atoms with E-state index in [9.17, 15) is 23.2 Å². The number of imide groups is 1. The van der Waals surface area contributed by atoms with Crippen LogP contribution in [0.1, 0.15) is 34.3 Å². The lowest BCUT2D eigenvalue weighted by Crippen LogP contribution is -2.52. The molecule has 1 atom stereocenters. The Morgan fingerprint density at radius 3 is 2.82 bits per heavy atom. The van der Waals surface area contributed by atoms with E-state index >= 15 is 0 Å². The second-order valence-corrected chi connectivity index (χ2v) is 7.63. The van der Waals surface area contributed by atoms with E-state index in [-0.39, 0.29) is 37.9 Å². The lowest BCUT2D eigenvalue weighted by Gasteiger charge is -2.29. The van der Waals surface area contributed by atoms with Crippen molar-refractivity contribution in [2.75, 3.05) is 26.2 Å². The molecule has 0 bridgehead atoms. The van der Waals surface area contributed by atoms with Gasteiger partial charge in [-0.2, -0.15) is 0 Å². The zero-order valence-corrected chi connectivity index (χ0v) is 15.3. The van der Waals surface area contributed by atoms with Crippen LogP contribution in [0, 0.1) is 0 Å². The van der Waals surface area contributed by atoms with E-state index in [1.807, 2.05) is 6.07 Å². The summed E-state index contributed by atoms with van der Waals surface area (Å²) in [5.41, 5.74) is 2.16. The maximum Gasteiger partial charge on any atom is 0.272 e. The number of piperidine rings is 1. The molecular weight excluding hydrogens is 370 g/mol. The Morgan fingerprint density at radius 2 is 2.04 bits per heavy atom. The first kappa shape index (κ1) is 18.9. The van der Waals surface area contributed by atoms with Crippen LogP contribution >= 0.6 is 0 Å². The summed E-state index contributed by atoms with van der Waals surface area (Å²) in [6.07, 6.45) is 0.520. The normalized spacial score (nSPS) is 25.4. The van der Waals surface area contributed by atoms with Gasteiger partial charge in [-0.05, 0) is 23.6 Å². The van der Waals surface area contributed by atoms with Crippen LogP contribution in [0.5, 0.6) is 0 Å². The minimum Gasteiger partial charge on any atom is -0.322 e. The first-order chi connectivity index (χ1) is 13.3. The van der Waals surface area contributed by atoms with E-state index in [0.717, 1.165) is 11.1 Å². The van der Waals surface area contributed by atoms with Crippen LogP contribution in [0.15, 0.2) is 18.2 Å². The molecule has 0 spiro atoms. The second-order valence-electron chi connectivity index (χ2n) is 7.63. The number of hydrogen-bond donors (Lipinski definition) is 2. The van der Waals surface area contributed by atoms with Crippen molar-refractivity contribution in [2.45, 2.75) is 37.9 Å². The van der Waals surface area contributed by atoms with Crippen LogP contribution in [-0.2, 0) is 22.7 Å². The summed E-state index contributed by atoms with van der Waals surface area (Å²) in [6, 6.07) is 4.68. The third-order valence-electron chi connectivity index (χ3n) is 5.44. The van der Waals surface area contributed by atoms with Crippen molar-refractivity contribution < 1.29 is 23.2 Å². The number of carbonyl (C=O) groups is 3. The summed E-state index contributed by atoms with van der Waals surface area (Å²) < 4.78 is 27.6. The Kier molecular flexibility index (Phi) is 4.88. The van der Waals surface area contributed by atoms with Gasteiger partial charge < -0.3 is 10.2 Å². The highest BCUT2D eigenvalue weighted by molar-refractivity contribution is 6.05. The number of carbonyl (C=O) groups excluding carboxylic acids is 3. The molecule has 1 unspecified atom stereocenters. The molecule has 0 radical (unpaired) electrons. The average Bonchev–Trinajstić information content (AvgIpc) is 2.83. The Labute approximate surface area is 161 Å². The molecular formula is C19H22F2N4O3. The zero-order valence-electron chi connectivity index (χ0n) is 15.3. The minimum atomic E-state index is -2.77. The predicted octanol–water partition coefficient (Wildman–Crippen LogP) is 0.488. The molecule has 2 fully saturated rings. The molecule has 1 aromatic carbocycles. The van der Waals surface area contributed by atoms with Crippen molar-refractivity contribution in [1.29, 1.82) is 0 Å². The standard InChI is InChI=1S/C19H22F2N4O3/c20-19(21)10-22-5-6-24(11-19)8-12-1-2-14-13(7-12)9-25(18(14)28)15-3-4-16(26)23-17(15)27/h1-2,7,15,22H,3-6,8-11H2,(H,23,26,27). The summed E-state index contributed by atoms with van der Waals surface area (Å²) in [4.78, 5) is 39.3. The Balaban J connectivity index is 1.48. The number of rotatable bonds is 3. The van der Waals surface area contributed by atoms with Gasteiger partial charge in [0.1, 0.15) is 6.04 Å². The van der Waals surface area contributed by atoms with Crippen LogP contribution in [-0.4, -0.2) is 65.7 Å². The number of alkyl halides is 2. The van der Waals surface area contributed by atoms with E-state index < -0.39 is 17.9 Å². The van der Waals surface area contributed by atoms with Crippen LogP contribution in [0.3, 0.4) is 0 Å². The molecule has 0 aliphatic carbocycles. The summed E-state index contributed by atoms with van der Waals surface area (Å²) in [7, 11) is 0. The summed E-state index contributed by atoms with van der Waals surface area (Å²) in [5, 5.41) is 5.02. The largest absolute Gasteiger partial charge is 0.322 e. The zero-order chi connectivity index (χ0) is 19.9. The third kappa shape index (κ3) is 3.77. The molecule has 9 heteroatoms. The fourth-order valence-corrected chi connectivity index (χ4v) is 4.09. The van der Waals surface area contributed by atoms with Gasteiger partial charge in [0, 0.05) is 38.2 Å². The molecule has 2 N–H and O–H groups in total. The number of nitrogens with one attached hydrogen (secondary N) is 2. The molecule has 7 nitrogen and oxygen atoms in total. The average molecular weight is 392 g/mol. The molecule has 2 saturated heterocycles. The number of halogens is 2. The molecule has 1 aromatic rings. The minimum absolute atomic E-state index is 0.207. The predicted molar refractivity (Wildman–Crippen MR) is 95.6 cm³/mol. The Morgan fingerprint density at radius 1 is 1.21 bits per heavy atom. The van der Waals surface area contributed by atoms with Crippen molar-refractivity contribution in [3.05, 3.63) is 34.9 Å². The smallest absolute Gasteiger partial charge is 0.272 e. The van der Waals surface area contributed by atoms with Gasteiger partial charge in [0.05, 0.1) is 13.1 Å². The SMILES string of the molecule is O=C1CCC(N2Cc3cc(CN4CCNCC(F)(F)C4)ccc3C2=O)C(=O)N1. The monoisotopic (exact) mass is 392 g/mol. The van der Waals surface area contributed by atoms with E-state index in [2.05, 4.69) is 10.6 Å². The van der Waals surface area contributed by atoms with Gasteiger partial charge >= 0.3 is 0 Å².